The second kappa shape index (κ2) is 5.29. The highest BCUT2D eigenvalue weighted by molar-refractivity contribution is 7.98. The zero-order valence-corrected chi connectivity index (χ0v) is 11.6. The Bertz CT molecular complexity index is 649. The minimum absolute atomic E-state index is 0.224. The molecule has 0 amide bonds. The monoisotopic (exact) mass is 286 g/mol. The fourth-order valence-electron chi connectivity index (χ4n) is 1.49. The Kier molecular flexibility index (Phi) is 3.94. The van der Waals surface area contributed by atoms with Crippen LogP contribution in [-0.2, 0) is 15.8 Å². The van der Waals surface area contributed by atoms with Gasteiger partial charge in [-0.15, -0.1) is 0 Å². The van der Waals surface area contributed by atoms with E-state index in [0.29, 0.717) is 11.0 Å². The van der Waals surface area contributed by atoms with Crippen molar-refractivity contribution in [3.8, 4) is 0 Å². The molecule has 0 aliphatic heterocycles. The fourth-order valence-corrected chi connectivity index (χ4v) is 2.79. The number of thioether (sulfide) groups is 1. The van der Waals surface area contributed by atoms with Crippen LogP contribution in [0.5, 0.6) is 0 Å². The maximum absolute atomic E-state index is 11.2. The molecule has 0 aliphatic rings. The van der Waals surface area contributed by atoms with Gasteiger partial charge in [0.2, 0.25) is 5.09 Å². The van der Waals surface area contributed by atoms with Gasteiger partial charge in [-0.2, -0.15) is 11.8 Å². The van der Waals surface area contributed by atoms with Crippen LogP contribution in [-0.4, -0.2) is 19.2 Å². The van der Waals surface area contributed by atoms with Crippen LogP contribution in [0.15, 0.2) is 27.8 Å². The highest BCUT2D eigenvalue weighted by Crippen LogP contribution is 2.23. The number of hydrogen-bond acceptors (Lipinski definition) is 5. The van der Waals surface area contributed by atoms with Gasteiger partial charge in [-0.25, -0.2) is 13.6 Å². The number of primary sulfonamides is 1. The van der Waals surface area contributed by atoms with Crippen LogP contribution in [0.4, 0.5) is 0 Å². The summed E-state index contributed by atoms with van der Waals surface area (Å²) in [4.78, 5) is 4.26. The van der Waals surface area contributed by atoms with Gasteiger partial charge in [0.05, 0.1) is 5.69 Å². The molecule has 98 valence electrons. The third-order valence-corrected chi connectivity index (χ3v) is 4.27. The summed E-state index contributed by atoms with van der Waals surface area (Å²) < 4.78 is 27.5. The summed E-state index contributed by atoms with van der Waals surface area (Å²) in [6, 6.07) is 3.15. The van der Waals surface area contributed by atoms with Gasteiger partial charge in [-0.3, -0.25) is 4.98 Å². The molecule has 2 rings (SSSR count). The summed E-state index contributed by atoms with van der Waals surface area (Å²) in [5, 5.41) is 5.43. The molecule has 0 bridgehead atoms. The molecule has 2 aromatic heterocycles. The Morgan fingerprint density at radius 1 is 1.44 bits per heavy atom. The second-order valence-electron chi connectivity index (χ2n) is 3.88. The summed E-state index contributed by atoms with van der Waals surface area (Å²) in [6.07, 6.45) is 2.72. The van der Waals surface area contributed by atoms with Gasteiger partial charge in [0.15, 0.2) is 0 Å². The molecule has 18 heavy (non-hydrogen) atoms. The molecule has 0 unspecified atom stereocenters. The van der Waals surface area contributed by atoms with Crippen LogP contribution >= 0.6 is 11.8 Å². The largest absolute Gasteiger partial charge is 0.443 e. The van der Waals surface area contributed by atoms with E-state index in [2.05, 4.69) is 11.9 Å². The third kappa shape index (κ3) is 3.04. The lowest BCUT2D eigenvalue weighted by Crippen LogP contribution is -2.10. The van der Waals surface area contributed by atoms with Crippen molar-refractivity contribution in [3.63, 3.8) is 0 Å². The van der Waals surface area contributed by atoms with E-state index in [1.807, 2.05) is 0 Å². The number of pyridine rings is 1. The van der Waals surface area contributed by atoms with Crippen molar-refractivity contribution >= 4 is 32.8 Å². The molecular formula is C11H14N2O3S2. The van der Waals surface area contributed by atoms with Crippen LogP contribution in [0.3, 0.4) is 0 Å². The summed E-state index contributed by atoms with van der Waals surface area (Å²) in [7, 11) is -3.80. The van der Waals surface area contributed by atoms with E-state index in [1.54, 1.807) is 24.0 Å². The Labute approximate surface area is 110 Å². The molecule has 7 heteroatoms. The summed E-state index contributed by atoms with van der Waals surface area (Å²) >= 11 is 1.78. The predicted octanol–water partition coefficient (Wildman–Crippen LogP) is 2.12. The van der Waals surface area contributed by atoms with Crippen LogP contribution in [0.25, 0.3) is 11.0 Å². The Balaban J connectivity index is 2.28. The number of nitrogens with two attached hydrogens (primary N) is 1. The van der Waals surface area contributed by atoms with Crippen LogP contribution in [0.1, 0.15) is 19.0 Å². The lowest BCUT2D eigenvalue weighted by Gasteiger charge is -1.98. The second-order valence-corrected chi connectivity index (χ2v) is 6.47. The molecule has 0 saturated carbocycles. The number of hydrogen-bond donors (Lipinski definition) is 1. The van der Waals surface area contributed by atoms with Crippen LogP contribution < -0.4 is 5.14 Å². The van der Waals surface area contributed by atoms with Gasteiger partial charge >= 0.3 is 0 Å². The molecule has 0 saturated heterocycles. The third-order valence-electron chi connectivity index (χ3n) is 2.31. The maximum Gasteiger partial charge on any atom is 0.271 e. The Morgan fingerprint density at radius 3 is 2.89 bits per heavy atom. The van der Waals surface area contributed by atoms with Crippen molar-refractivity contribution in [2.75, 3.05) is 5.75 Å². The summed E-state index contributed by atoms with van der Waals surface area (Å²) in [6.45, 7) is 2.12. The van der Waals surface area contributed by atoms with Gasteiger partial charge in [0.1, 0.15) is 5.58 Å². The summed E-state index contributed by atoms with van der Waals surface area (Å²) in [5.41, 5.74) is 1.37. The van der Waals surface area contributed by atoms with Crippen molar-refractivity contribution < 1.29 is 12.8 Å². The highest BCUT2D eigenvalue weighted by Gasteiger charge is 2.14. The molecule has 2 aromatic rings. The normalized spacial score (nSPS) is 12.1. The first-order chi connectivity index (χ1) is 8.50. The van der Waals surface area contributed by atoms with E-state index in [1.165, 1.54) is 6.07 Å². The van der Waals surface area contributed by atoms with Gasteiger partial charge in [-0.1, -0.05) is 6.92 Å². The quantitative estimate of drug-likeness (QED) is 0.851. The number of nitrogens with zero attached hydrogens (tertiary/aromatic N) is 1. The molecule has 0 atom stereocenters. The maximum atomic E-state index is 11.2. The van der Waals surface area contributed by atoms with Crippen molar-refractivity contribution in [3.05, 3.63) is 24.0 Å². The van der Waals surface area contributed by atoms with E-state index in [0.717, 1.165) is 23.6 Å². The number of aromatic nitrogens is 1. The van der Waals surface area contributed by atoms with Gasteiger partial charge in [0, 0.05) is 29.5 Å². The zero-order chi connectivity index (χ0) is 13.2. The van der Waals surface area contributed by atoms with E-state index < -0.39 is 10.0 Å². The molecule has 0 aliphatic carbocycles. The molecule has 0 radical (unpaired) electrons. The van der Waals surface area contributed by atoms with E-state index >= 15 is 0 Å². The molecule has 0 aromatic carbocycles. The minimum Gasteiger partial charge on any atom is -0.443 e. The number of fused-ring (bicyclic) bond motifs is 1. The highest BCUT2D eigenvalue weighted by atomic mass is 32.2. The van der Waals surface area contributed by atoms with E-state index in [9.17, 15) is 8.42 Å². The Morgan fingerprint density at radius 2 is 2.22 bits per heavy atom. The summed E-state index contributed by atoms with van der Waals surface area (Å²) in [5.74, 6) is 1.86. The first-order valence-electron chi connectivity index (χ1n) is 5.49. The van der Waals surface area contributed by atoms with Crippen molar-refractivity contribution in [1.29, 1.82) is 0 Å². The zero-order valence-electron chi connectivity index (χ0n) is 9.92. The van der Waals surface area contributed by atoms with Crippen LogP contribution in [0, 0.1) is 0 Å². The van der Waals surface area contributed by atoms with Gasteiger partial charge < -0.3 is 4.42 Å². The smallest absolute Gasteiger partial charge is 0.271 e. The molecule has 0 spiro atoms. The molecular weight excluding hydrogens is 272 g/mol. The van der Waals surface area contributed by atoms with E-state index in [4.69, 9.17) is 9.56 Å². The lowest BCUT2D eigenvalue weighted by atomic mass is 10.3. The minimum atomic E-state index is -3.80. The molecule has 2 heterocycles. The molecule has 0 fully saturated rings. The number of sulfonamides is 1. The van der Waals surface area contributed by atoms with E-state index in [-0.39, 0.29) is 5.09 Å². The Hall–Kier alpha value is -1.05. The standard InChI is InChI=1S/C11H14N2O3S2/c1-2-3-17-7-9-5-10-8(6-13-9)4-11(16-10)18(12,14)15/h4-6H,2-3,7H2,1H3,(H2,12,14,15). The molecule has 2 N–H and O–H groups in total. The molecule has 5 nitrogen and oxygen atoms in total. The topological polar surface area (TPSA) is 86.2 Å². The predicted molar refractivity (Wildman–Crippen MR) is 71.8 cm³/mol. The lowest BCUT2D eigenvalue weighted by molar-refractivity contribution is 0.482. The average Bonchev–Trinajstić information content (AvgIpc) is 2.72. The first-order valence-corrected chi connectivity index (χ1v) is 8.20. The number of furan rings is 1. The van der Waals surface area contributed by atoms with Crippen molar-refractivity contribution in [2.45, 2.75) is 24.2 Å². The average molecular weight is 286 g/mol. The van der Waals surface area contributed by atoms with Crippen molar-refractivity contribution in [2.24, 2.45) is 5.14 Å². The van der Waals surface area contributed by atoms with Crippen molar-refractivity contribution in [1.82, 2.24) is 4.98 Å². The number of rotatable bonds is 5. The van der Waals surface area contributed by atoms with Gasteiger partial charge in [0.25, 0.3) is 10.0 Å². The SMILES string of the molecule is CCCSCc1cc2oc(S(N)(=O)=O)cc2cn1. The van der Waals surface area contributed by atoms with Crippen LogP contribution in [0.2, 0.25) is 0 Å². The van der Waals surface area contributed by atoms with Gasteiger partial charge in [-0.05, 0) is 12.2 Å². The first kappa shape index (κ1) is 13.4. The fraction of sp³-hybridized carbons (Fsp3) is 0.364.